The second-order valence-corrected chi connectivity index (χ2v) is 3.20. The van der Waals surface area contributed by atoms with E-state index < -0.39 is 5.60 Å². The Hall–Kier alpha value is -1.36. The monoisotopic (exact) mass is 183 g/mol. The van der Waals surface area contributed by atoms with E-state index in [-0.39, 0.29) is 11.6 Å². The largest absolute Gasteiger partial charge is 0.371 e. The second kappa shape index (κ2) is 3.18. The van der Waals surface area contributed by atoms with Crippen molar-refractivity contribution in [1.29, 1.82) is 0 Å². The minimum Gasteiger partial charge on any atom is -0.371 e. The maximum absolute atomic E-state index is 11.7. The Labute approximate surface area is 76.5 Å². The zero-order valence-electron chi connectivity index (χ0n) is 7.94. The van der Waals surface area contributed by atoms with Gasteiger partial charge in [-0.1, -0.05) is 0 Å². The average molecular weight is 183 g/mol. The number of nitrogens with two attached hydrogens (primary N) is 1. The number of rotatable bonds is 3. The molecule has 0 radical (unpaired) electrons. The number of imidazole rings is 1. The van der Waals surface area contributed by atoms with E-state index in [1.807, 2.05) is 0 Å². The van der Waals surface area contributed by atoms with Crippen LogP contribution in [0.15, 0.2) is 12.4 Å². The lowest BCUT2D eigenvalue weighted by molar-refractivity contribution is 0.0216. The molecule has 0 amide bonds. The van der Waals surface area contributed by atoms with Gasteiger partial charge in [0.15, 0.2) is 5.82 Å². The van der Waals surface area contributed by atoms with E-state index in [0.29, 0.717) is 0 Å². The third-order valence-corrected chi connectivity index (χ3v) is 1.93. The molecule has 1 aromatic rings. The summed E-state index contributed by atoms with van der Waals surface area (Å²) in [6.07, 6.45) is 2.98. The molecular weight excluding hydrogens is 170 g/mol. The van der Waals surface area contributed by atoms with Gasteiger partial charge < -0.3 is 10.6 Å². The molecule has 0 atom stereocenters. The Morgan fingerprint density at radius 2 is 2.31 bits per heavy atom. The van der Waals surface area contributed by atoms with Crippen molar-refractivity contribution in [2.45, 2.75) is 19.4 Å². The SMILES string of the molecule is COC(C)(C)C(=O)c1nccn1N. The van der Waals surface area contributed by atoms with E-state index in [1.54, 1.807) is 13.8 Å². The molecule has 2 N–H and O–H groups in total. The summed E-state index contributed by atoms with van der Waals surface area (Å²) in [6.45, 7) is 3.34. The molecule has 13 heavy (non-hydrogen) atoms. The van der Waals surface area contributed by atoms with Crippen LogP contribution >= 0.6 is 0 Å². The molecule has 0 saturated heterocycles. The number of carbonyl (C=O) groups is 1. The first-order valence-electron chi connectivity index (χ1n) is 3.87. The van der Waals surface area contributed by atoms with E-state index in [1.165, 1.54) is 24.2 Å². The molecule has 1 aromatic heterocycles. The normalized spacial score (nSPS) is 11.6. The number of ketones is 1. The topological polar surface area (TPSA) is 70.1 Å². The van der Waals surface area contributed by atoms with Crippen molar-refractivity contribution in [3.8, 4) is 0 Å². The van der Waals surface area contributed by atoms with E-state index in [2.05, 4.69) is 4.98 Å². The molecule has 72 valence electrons. The third kappa shape index (κ3) is 1.70. The summed E-state index contributed by atoms with van der Waals surface area (Å²) in [5, 5.41) is 0. The summed E-state index contributed by atoms with van der Waals surface area (Å²) in [4.78, 5) is 15.5. The number of ether oxygens (including phenoxy) is 1. The predicted molar refractivity (Wildman–Crippen MR) is 47.8 cm³/mol. The first kappa shape index (κ1) is 9.73. The fourth-order valence-electron chi connectivity index (χ4n) is 0.851. The molecule has 0 bridgehead atoms. The summed E-state index contributed by atoms with van der Waals surface area (Å²) in [5.74, 6) is 5.44. The highest BCUT2D eigenvalue weighted by atomic mass is 16.5. The van der Waals surface area contributed by atoms with Crippen LogP contribution in [0.3, 0.4) is 0 Å². The molecule has 0 aliphatic heterocycles. The minimum absolute atomic E-state index is 0.201. The van der Waals surface area contributed by atoms with Gasteiger partial charge in [0.05, 0.1) is 0 Å². The maximum Gasteiger partial charge on any atom is 0.231 e. The predicted octanol–water partition coefficient (Wildman–Crippen LogP) is 0.205. The smallest absolute Gasteiger partial charge is 0.231 e. The van der Waals surface area contributed by atoms with Crippen LogP contribution in [-0.2, 0) is 4.74 Å². The summed E-state index contributed by atoms with van der Waals surface area (Å²) < 4.78 is 6.20. The van der Waals surface area contributed by atoms with Crippen molar-refractivity contribution in [1.82, 2.24) is 9.66 Å². The molecule has 0 aromatic carbocycles. The molecular formula is C8H13N3O2. The lowest BCUT2D eigenvalue weighted by atomic mass is 10.0. The molecule has 0 fully saturated rings. The lowest BCUT2D eigenvalue weighted by Crippen LogP contribution is -2.36. The zero-order chi connectivity index (χ0) is 10.1. The van der Waals surface area contributed by atoms with Crippen molar-refractivity contribution < 1.29 is 9.53 Å². The Kier molecular flexibility index (Phi) is 2.38. The van der Waals surface area contributed by atoms with Crippen molar-refractivity contribution in [2.75, 3.05) is 13.0 Å². The summed E-state index contributed by atoms with van der Waals surface area (Å²) in [6, 6.07) is 0. The Morgan fingerprint density at radius 3 is 2.69 bits per heavy atom. The van der Waals surface area contributed by atoms with Crippen LogP contribution in [0.2, 0.25) is 0 Å². The van der Waals surface area contributed by atoms with E-state index >= 15 is 0 Å². The van der Waals surface area contributed by atoms with Gasteiger partial charge in [-0.3, -0.25) is 4.79 Å². The van der Waals surface area contributed by atoms with Crippen molar-refractivity contribution in [3.05, 3.63) is 18.2 Å². The van der Waals surface area contributed by atoms with Crippen molar-refractivity contribution in [2.24, 2.45) is 0 Å². The molecule has 1 heterocycles. The highest BCUT2D eigenvalue weighted by molar-refractivity contribution is 5.99. The number of hydrogen-bond donors (Lipinski definition) is 1. The molecule has 1 rings (SSSR count). The van der Waals surface area contributed by atoms with E-state index in [0.717, 1.165) is 0 Å². The summed E-state index contributed by atoms with van der Waals surface area (Å²) >= 11 is 0. The average Bonchev–Trinajstić information content (AvgIpc) is 2.50. The molecule has 0 saturated carbocycles. The van der Waals surface area contributed by atoms with Crippen LogP contribution < -0.4 is 5.84 Å². The van der Waals surface area contributed by atoms with Gasteiger partial charge >= 0.3 is 0 Å². The van der Waals surface area contributed by atoms with Crippen LogP contribution in [0, 0.1) is 0 Å². The van der Waals surface area contributed by atoms with Gasteiger partial charge in [-0.2, -0.15) is 0 Å². The van der Waals surface area contributed by atoms with Crippen LogP contribution in [-0.4, -0.2) is 28.2 Å². The Balaban J connectivity index is 2.98. The summed E-state index contributed by atoms with van der Waals surface area (Å²) in [7, 11) is 1.47. The van der Waals surface area contributed by atoms with Gasteiger partial charge in [0.25, 0.3) is 0 Å². The van der Waals surface area contributed by atoms with Crippen molar-refractivity contribution in [3.63, 3.8) is 0 Å². The Bertz CT molecular complexity index is 317. The molecule has 0 aliphatic rings. The highest BCUT2D eigenvalue weighted by Crippen LogP contribution is 2.13. The number of Topliss-reactive ketones (excluding diaryl/α,β-unsaturated/α-hetero) is 1. The number of nitrogen functional groups attached to an aromatic ring is 1. The van der Waals surface area contributed by atoms with Gasteiger partial charge in [-0.05, 0) is 13.8 Å². The van der Waals surface area contributed by atoms with Gasteiger partial charge in [-0.25, -0.2) is 9.66 Å². The number of nitrogens with zero attached hydrogens (tertiary/aromatic N) is 2. The van der Waals surface area contributed by atoms with Crippen LogP contribution in [0.4, 0.5) is 0 Å². The van der Waals surface area contributed by atoms with Gasteiger partial charge in [0.1, 0.15) is 5.60 Å². The number of carbonyl (C=O) groups excluding carboxylic acids is 1. The lowest BCUT2D eigenvalue weighted by Gasteiger charge is -2.20. The molecule has 0 aliphatic carbocycles. The number of hydrogen-bond acceptors (Lipinski definition) is 4. The van der Waals surface area contributed by atoms with E-state index in [9.17, 15) is 4.79 Å². The number of methoxy groups -OCH3 is 1. The first-order valence-corrected chi connectivity index (χ1v) is 3.87. The van der Waals surface area contributed by atoms with Crippen LogP contribution in [0.1, 0.15) is 24.5 Å². The van der Waals surface area contributed by atoms with E-state index in [4.69, 9.17) is 10.6 Å². The molecule has 0 spiro atoms. The van der Waals surface area contributed by atoms with Crippen LogP contribution in [0.5, 0.6) is 0 Å². The van der Waals surface area contributed by atoms with Gasteiger partial charge in [0, 0.05) is 19.5 Å². The standard InChI is InChI=1S/C8H13N3O2/c1-8(2,13-3)6(12)7-10-4-5-11(7)9/h4-5H,9H2,1-3H3. The zero-order valence-corrected chi connectivity index (χ0v) is 7.94. The first-order chi connectivity index (χ1) is 5.99. The fourth-order valence-corrected chi connectivity index (χ4v) is 0.851. The molecule has 5 heteroatoms. The second-order valence-electron chi connectivity index (χ2n) is 3.20. The fraction of sp³-hybridized carbons (Fsp3) is 0.500. The van der Waals surface area contributed by atoms with Gasteiger partial charge in [-0.15, -0.1) is 0 Å². The van der Waals surface area contributed by atoms with Crippen LogP contribution in [0.25, 0.3) is 0 Å². The van der Waals surface area contributed by atoms with Crippen molar-refractivity contribution >= 4 is 5.78 Å². The molecule has 0 unspecified atom stereocenters. The Morgan fingerprint density at radius 1 is 1.69 bits per heavy atom. The molecule has 5 nitrogen and oxygen atoms in total. The number of aromatic nitrogens is 2. The maximum atomic E-state index is 11.7. The van der Waals surface area contributed by atoms with Gasteiger partial charge in [0.2, 0.25) is 5.78 Å². The minimum atomic E-state index is -0.886. The quantitative estimate of drug-likeness (QED) is 0.537. The highest BCUT2D eigenvalue weighted by Gasteiger charge is 2.31. The summed E-state index contributed by atoms with van der Waals surface area (Å²) in [5.41, 5.74) is -0.886. The third-order valence-electron chi connectivity index (χ3n) is 1.93.